The quantitative estimate of drug-likeness (QED) is 0.749. The number of rotatable bonds is 6. The minimum Gasteiger partial charge on any atom is -0.495 e. The van der Waals surface area contributed by atoms with E-state index in [1.54, 1.807) is 20.8 Å². The molecule has 0 unspecified atom stereocenters. The van der Waals surface area contributed by atoms with E-state index >= 15 is 0 Å². The van der Waals surface area contributed by atoms with Crippen LogP contribution >= 0.6 is 0 Å². The Bertz CT molecular complexity index is 704. The van der Waals surface area contributed by atoms with Crippen molar-refractivity contribution in [1.29, 1.82) is 0 Å². The van der Waals surface area contributed by atoms with Gasteiger partial charge in [-0.2, -0.15) is 0 Å². The summed E-state index contributed by atoms with van der Waals surface area (Å²) in [6, 6.07) is 3.69. The average Bonchev–Trinajstić information content (AvgIpc) is 2.34. The van der Waals surface area contributed by atoms with Gasteiger partial charge in [0.1, 0.15) is 11.4 Å². The van der Waals surface area contributed by atoms with E-state index in [4.69, 9.17) is 14.6 Å². The number of sulfonamides is 1. The summed E-state index contributed by atoms with van der Waals surface area (Å²) in [5.74, 6) is -2.91. The molecule has 0 radical (unpaired) electrons. The number of anilines is 1. The van der Waals surface area contributed by atoms with Crippen LogP contribution in [0.1, 0.15) is 31.1 Å². The van der Waals surface area contributed by atoms with E-state index in [9.17, 15) is 18.0 Å². The Morgan fingerprint density at radius 3 is 2.35 bits per heavy atom. The van der Waals surface area contributed by atoms with Crippen LogP contribution in [-0.4, -0.2) is 43.9 Å². The summed E-state index contributed by atoms with van der Waals surface area (Å²) in [4.78, 5) is 22.6. The fourth-order valence-corrected chi connectivity index (χ4v) is 2.59. The first kappa shape index (κ1) is 18.8. The van der Waals surface area contributed by atoms with Gasteiger partial charge < -0.3 is 14.6 Å². The lowest BCUT2D eigenvalue weighted by Crippen LogP contribution is -2.30. The molecule has 1 rings (SSSR count). The van der Waals surface area contributed by atoms with Crippen LogP contribution < -0.4 is 9.46 Å². The molecule has 23 heavy (non-hydrogen) atoms. The molecule has 1 aromatic carbocycles. The number of carboxylic acid groups (broad SMARTS) is 1. The highest BCUT2D eigenvalue weighted by atomic mass is 32.2. The molecule has 0 saturated carbocycles. The SMILES string of the molecule is COc1ccc(C(=O)O)cc1NS(=O)(=O)CC(=O)OC(C)(C)C. The van der Waals surface area contributed by atoms with E-state index in [1.165, 1.54) is 19.2 Å². The van der Waals surface area contributed by atoms with Gasteiger partial charge in [0.15, 0.2) is 5.75 Å². The Hall–Kier alpha value is -2.29. The van der Waals surface area contributed by atoms with Crippen molar-refractivity contribution < 1.29 is 32.6 Å². The summed E-state index contributed by atoms with van der Waals surface area (Å²) in [6.07, 6.45) is 0. The third-order valence-corrected chi connectivity index (χ3v) is 3.59. The Morgan fingerprint density at radius 2 is 1.87 bits per heavy atom. The zero-order chi connectivity index (χ0) is 17.8. The van der Waals surface area contributed by atoms with Crippen molar-refractivity contribution in [3.05, 3.63) is 23.8 Å². The first-order chi connectivity index (χ1) is 10.4. The number of nitrogens with one attached hydrogen (secondary N) is 1. The van der Waals surface area contributed by atoms with Crippen molar-refractivity contribution in [2.75, 3.05) is 17.6 Å². The maximum absolute atomic E-state index is 12.0. The van der Waals surface area contributed by atoms with Crippen LogP contribution in [0.5, 0.6) is 5.75 Å². The molecule has 128 valence electrons. The number of carbonyl (C=O) groups is 2. The van der Waals surface area contributed by atoms with Crippen LogP contribution in [0.4, 0.5) is 5.69 Å². The highest BCUT2D eigenvalue weighted by Gasteiger charge is 2.24. The molecule has 1 aromatic rings. The summed E-state index contributed by atoms with van der Waals surface area (Å²) in [7, 11) is -2.77. The van der Waals surface area contributed by atoms with Gasteiger partial charge in [-0.25, -0.2) is 13.2 Å². The number of hydrogen-bond donors (Lipinski definition) is 2. The number of hydrogen-bond acceptors (Lipinski definition) is 6. The Balaban J connectivity index is 2.98. The zero-order valence-electron chi connectivity index (χ0n) is 13.2. The summed E-state index contributed by atoms with van der Waals surface area (Å²) in [6.45, 7) is 4.85. The van der Waals surface area contributed by atoms with E-state index in [1.807, 2.05) is 0 Å². The third-order valence-electron chi connectivity index (χ3n) is 2.44. The lowest BCUT2D eigenvalue weighted by Gasteiger charge is -2.19. The number of methoxy groups -OCH3 is 1. The summed E-state index contributed by atoms with van der Waals surface area (Å²) in [5, 5.41) is 8.95. The van der Waals surface area contributed by atoms with Crippen molar-refractivity contribution >= 4 is 27.6 Å². The van der Waals surface area contributed by atoms with Gasteiger partial charge in [0, 0.05) is 0 Å². The van der Waals surface area contributed by atoms with E-state index in [0.29, 0.717) is 0 Å². The second-order valence-electron chi connectivity index (χ2n) is 5.67. The Morgan fingerprint density at radius 1 is 1.26 bits per heavy atom. The predicted molar refractivity (Wildman–Crippen MR) is 83.2 cm³/mol. The van der Waals surface area contributed by atoms with Crippen LogP contribution in [0.2, 0.25) is 0 Å². The smallest absolute Gasteiger partial charge is 0.335 e. The van der Waals surface area contributed by atoms with Crippen LogP contribution in [0.3, 0.4) is 0 Å². The van der Waals surface area contributed by atoms with Crippen LogP contribution in [0.15, 0.2) is 18.2 Å². The highest BCUT2D eigenvalue weighted by molar-refractivity contribution is 7.93. The van der Waals surface area contributed by atoms with Gasteiger partial charge in [0.2, 0.25) is 10.0 Å². The van der Waals surface area contributed by atoms with Gasteiger partial charge >= 0.3 is 11.9 Å². The minimum absolute atomic E-state index is 0.0732. The van der Waals surface area contributed by atoms with Gasteiger partial charge in [-0.05, 0) is 39.0 Å². The van der Waals surface area contributed by atoms with E-state index in [0.717, 1.165) is 6.07 Å². The van der Waals surface area contributed by atoms with Gasteiger partial charge in [0.25, 0.3) is 0 Å². The van der Waals surface area contributed by atoms with Gasteiger partial charge in [-0.15, -0.1) is 0 Å². The predicted octanol–water partition coefficient (Wildman–Crippen LogP) is 1.48. The molecule has 0 bridgehead atoms. The fourth-order valence-electron chi connectivity index (χ4n) is 1.65. The average molecular weight is 345 g/mol. The number of esters is 1. The highest BCUT2D eigenvalue weighted by Crippen LogP contribution is 2.26. The van der Waals surface area contributed by atoms with Crippen LogP contribution in [0, 0.1) is 0 Å². The molecule has 0 aromatic heterocycles. The fraction of sp³-hybridized carbons (Fsp3) is 0.429. The number of carbonyl (C=O) groups excluding carboxylic acids is 1. The molecule has 2 N–H and O–H groups in total. The molecule has 0 aliphatic carbocycles. The molecular weight excluding hydrogens is 326 g/mol. The molecule has 0 amide bonds. The normalized spacial score (nSPS) is 11.7. The Labute approximate surface area is 134 Å². The van der Waals surface area contributed by atoms with Crippen LogP contribution in [0.25, 0.3) is 0 Å². The molecule has 8 nitrogen and oxygen atoms in total. The van der Waals surface area contributed by atoms with Crippen LogP contribution in [-0.2, 0) is 19.6 Å². The number of carboxylic acids is 1. The largest absolute Gasteiger partial charge is 0.495 e. The maximum Gasteiger partial charge on any atom is 0.335 e. The molecule has 0 aliphatic rings. The molecule has 9 heteroatoms. The summed E-state index contributed by atoms with van der Waals surface area (Å²) < 4.78 is 36.1. The molecule has 0 saturated heterocycles. The van der Waals surface area contributed by atoms with Crippen molar-refractivity contribution in [1.82, 2.24) is 0 Å². The summed E-state index contributed by atoms with van der Waals surface area (Å²) in [5.41, 5.74) is -1.01. The second-order valence-corrected chi connectivity index (χ2v) is 7.39. The van der Waals surface area contributed by atoms with E-state index in [2.05, 4.69) is 4.72 Å². The van der Waals surface area contributed by atoms with Gasteiger partial charge in [-0.3, -0.25) is 9.52 Å². The monoisotopic (exact) mass is 345 g/mol. The number of aromatic carboxylic acids is 1. The van der Waals surface area contributed by atoms with Gasteiger partial charge in [0.05, 0.1) is 18.4 Å². The first-order valence-electron chi connectivity index (χ1n) is 6.57. The standard InChI is InChI=1S/C14H19NO7S/c1-14(2,3)22-12(16)8-23(19,20)15-10-7-9(13(17)18)5-6-11(10)21-4/h5-7,15H,8H2,1-4H3,(H,17,18). The topological polar surface area (TPSA) is 119 Å². The van der Waals surface area contributed by atoms with Crippen molar-refractivity contribution in [3.8, 4) is 5.75 Å². The lowest BCUT2D eigenvalue weighted by molar-refractivity contribution is -0.151. The third kappa shape index (κ3) is 6.15. The lowest BCUT2D eigenvalue weighted by atomic mass is 10.2. The molecule has 0 aliphatic heterocycles. The Kier molecular flexibility index (Phi) is 5.60. The second kappa shape index (κ2) is 6.86. The number of ether oxygens (including phenoxy) is 2. The van der Waals surface area contributed by atoms with Gasteiger partial charge in [-0.1, -0.05) is 0 Å². The van der Waals surface area contributed by atoms with Crippen molar-refractivity contribution in [2.24, 2.45) is 0 Å². The zero-order valence-corrected chi connectivity index (χ0v) is 14.1. The summed E-state index contributed by atoms with van der Waals surface area (Å²) >= 11 is 0. The first-order valence-corrected chi connectivity index (χ1v) is 8.22. The number of benzene rings is 1. The molecule has 0 spiro atoms. The molecular formula is C14H19NO7S. The van der Waals surface area contributed by atoms with E-state index in [-0.39, 0.29) is 17.0 Å². The van der Waals surface area contributed by atoms with E-state index < -0.39 is 33.3 Å². The van der Waals surface area contributed by atoms with Crippen molar-refractivity contribution in [2.45, 2.75) is 26.4 Å². The minimum atomic E-state index is -4.08. The molecule has 0 heterocycles. The maximum atomic E-state index is 12.0. The van der Waals surface area contributed by atoms with Crippen molar-refractivity contribution in [3.63, 3.8) is 0 Å². The molecule has 0 atom stereocenters. The molecule has 0 fully saturated rings.